The van der Waals surface area contributed by atoms with Crippen molar-refractivity contribution in [1.82, 2.24) is 9.78 Å². The summed E-state index contributed by atoms with van der Waals surface area (Å²) in [6.07, 6.45) is 6.73. The second-order valence-electron chi connectivity index (χ2n) is 5.61. The molecule has 9 heteroatoms. The molecular weight excluding hydrogens is 380 g/mol. The Morgan fingerprint density at radius 3 is 2.11 bits per heavy atom. The highest BCUT2D eigenvalue weighted by atomic mass is 35.5. The number of ether oxygens (including phenoxy) is 2. The highest BCUT2D eigenvalue weighted by Crippen LogP contribution is 2.33. The lowest BCUT2D eigenvalue weighted by Crippen LogP contribution is -2.45. The van der Waals surface area contributed by atoms with Crippen molar-refractivity contribution >= 4 is 23.0 Å². The summed E-state index contributed by atoms with van der Waals surface area (Å²) in [6.45, 7) is 11.0. The Hall–Kier alpha value is -1.90. The van der Waals surface area contributed by atoms with E-state index in [0.29, 0.717) is 18.9 Å². The van der Waals surface area contributed by atoms with Crippen molar-refractivity contribution in [2.24, 2.45) is 17.2 Å². The van der Waals surface area contributed by atoms with E-state index >= 15 is 0 Å². The van der Waals surface area contributed by atoms with Crippen LogP contribution in [0.1, 0.15) is 48.0 Å². The molecule has 2 fully saturated rings. The van der Waals surface area contributed by atoms with E-state index in [1.807, 2.05) is 33.9 Å². The van der Waals surface area contributed by atoms with E-state index in [1.54, 1.807) is 10.9 Å². The molecule has 2 saturated heterocycles. The quantitative estimate of drug-likeness (QED) is 0.512. The van der Waals surface area contributed by atoms with Gasteiger partial charge in [-0.15, -0.1) is 0 Å². The third-order valence-corrected chi connectivity index (χ3v) is 4.20. The monoisotopic (exact) mass is 416 g/mol. The van der Waals surface area contributed by atoms with Crippen molar-refractivity contribution in [3.8, 4) is 0 Å². The number of hydrogen-bond acceptors (Lipinski definition) is 7. The van der Waals surface area contributed by atoms with Crippen LogP contribution in [0.3, 0.4) is 0 Å². The van der Waals surface area contributed by atoms with Gasteiger partial charge in [-0.2, -0.15) is 5.10 Å². The first-order valence-corrected chi connectivity index (χ1v) is 9.83. The van der Waals surface area contributed by atoms with Crippen molar-refractivity contribution in [2.45, 2.75) is 53.8 Å². The normalized spacial score (nSPS) is 17.6. The molecule has 3 heterocycles. The van der Waals surface area contributed by atoms with Crippen molar-refractivity contribution in [2.75, 3.05) is 31.2 Å². The van der Waals surface area contributed by atoms with E-state index in [0.717, 1.165) is 31.6 Å². The summed E-state index contributed by atoms with van der Waals surface area (Å²) >= 11 is 5.71. The van der Waals surface area contributed by atoms with Crippen molar-refractivity contribution in [3.63, 3.8) is 0 Å². The Balaban J connectivity index is 0.00000137. The summed E-state index contributed by atoms with van der Waals surface area (Å²) in [5.41, 5.74) is 18.2. The number of anilines is 1. The fourth-order valence-corrected chi connectivity index (χ4v) is 3.02. The zero-order valence-corrected chi connectivity index (χ0v) is 17.5. The number of aromatic nitrogens is 2. The first-order valence-electron chi connectivity index (χ1n) is 9.45. The van der Waals surface area contributed by atoms with Crippen molar-refractivity contribution < 1.29 is 9.47 Å². The van der Waals surface area contributed by atoms with E-state index < -0.39 is 5.79 Å². The topological polar surface area (TPSA) is 118 Å². The van der Waals surface area contributed by atoms with Crippen molar-refractivity contribution in [1.29, 1.82) is 0 Å². The first-order chi connectivity index (χ1) is 13.0. The number of nitrogens with two attached hydrogens (primary N) is 3. The summed E-state index contributed by atoms with van der Waals surface area (Å²) in [5.74, 6) is -0.302. The lowest BCUT2D eigenvalue weighted by Gasteiger charge is -2.38. The molecule has 1 aromatic rings. The van der Waals surface area contributed by atoms with Gasteiger partial charge < -0.3 is 31.6 Å². The van der Waals surface area contributed by atoms with Gasteiger partial charge in [-0.1, -0.05) is 46.7 Å². The van der Waals surface area contributed by atoms with Gasteiger partial charge >= 0.3 is 0 Å². The third-order valence-electron chi connectivity index (χ3n) is 4.09. The minimum Gasteiger partial charge on any atom is -0.389 e. The second-order valence-corrected chi connectivity index (χ2v) is 6.04. The number of halogens is 1. The minimum absolute atomic E-state index is 0. The smallest absolute Gasteiger partial charge is 0.171 e. The molecule has 2 aliphatic rings. The molecule has 8 nitrogen and oxygen atoms in total. The van der Waals surface area contributed by atoms with Crippen LogP contribution in [0.15, 0.2) is 29.4 Å². The molecule has 0 bridgehead atoms. The van der Waals surface area contributed by atoms with Crippen LogP contribution in [-0.4, -0.2) is 41.9 Å². The summed E-state index contributed by atoms with van der Waals surface area (Å²) in [5, 5.41) is 4.38. The second kappa shape index (κ2) is 12.5. The predicted molar refractivity (Wildman–Crippen MR) is 117 cm³/mol. The van der Waals surface area contributed by atoms with Gasteiger partial charge in [0.25, 0.3) is 0 Å². The molecule has 0 aromatic carbocycles. The van der Waals surface area contributed by atoms with Crippen LogP contribution < -0.4 is 22.1 Å². The Kier molecular flexibility index (Phi) is 11.7. The zero-order valence-electron chi connectivity index (χ0n) is 16.7. The van der Waals surface area contributed by atoms with Crippen LogP contribution in [0.4, 0.5) is 5.69 Å². The molecule has 0 saturated carbocycles. The molecule has 0 atom stereocenters. The third kappa shape index (κ3) is 6.61. The van der Waals surface area contributed by atoms with Crippen LogP contribution in [0.2, 0.25) is 0 Å². The van der Waals surface area contributed by atoms with E-state index in [9.17, 15) is 0 Å². The molecule has 2 aliphatic heterocycles. The molecule has 1 aromatic heterocycles. The fraction of sp³-hybridized carbons (Fsp3) is 0.632. The van der Waals surface area contributed by atoms with Gasteiger partial charge in [0.05, 0.1) is 31.3 Å². The molecule has 0 unspecified atom stereocenters. The maximum atomic E-state index is 5.74. The zero-order chi connectivity index (χ0) is 20.4. The van der Waals surface area contributed by atoms with E-state index in [-0.39, 0.29) is 18.4 Å². The van der Waals surface area contributed by atoms with Gasteiger partial charge in [-0.05, 0) is 0 Å². The maximum Gasteiger partial charge on any atom is 0.171 e. The van der Waals surface area contributed by atoms with Gasteiger partial charge in [0, 0.05) is 32.0 Å². The van der Waals surface area contributed by atoms with Gasteiger partial charge in [0.2, 0.25) is 0 Å². The maximum absolute atomic E-state index is 5.74. The first kappa shape index (κ1) is 26.1. The molecule has 162 valence electrons. The molecule has 28 heavy (non-hydrogen) atoms. The Bertz CT molecular complexity index is 620. The standard InChI is InChI=1S/C14H21ClN6O2.2C2H6.CH4/c15-12(16)7-11(13(17)18)21-9-10(8-19-21)20-3-1-14(2-4-20)22-5-6-23-14;2*1-2;/h7-9H,1-6,16-18H2;2*1-2H3;1H4/b12-7-;;;. The fourth-order valence-electron chi connectivity index (χ4n) is 2.91. The van der Waals surface area contributed by atoms with Gasteiger partial charge in [-0.3, -0.25) is 0 Å². The molecule has 1 spiro atoms. The van der Waals surface area contributed by atoms with E-state index in [1.165, 1.54) is 6.08 Å². The summed E-state index contributed by atoms with van der Waals surface area (Å²) in [4.78, 5) is 2.22. The summed E-state index contributed by atoms with van der Waals surface area (Å²) in [7, 11) is 0. The van der Waals surface area contributed by atoms with Gasteiger partial charge in [0.1, 0.15) is 16.7 Å². The lowest BCUT2D eigenvalue weighted by molar-refractivity contribution is -0.169. The van der Waals surface area contributed by atoms with Gasteiger partial charge in [-0.25, -0.2) is 4.68 Å². The molecule has 3 rings (SSSR count). The van der Waals surface area contributed by atoms with Crippen LogP contribution in [0.5, 0.6) is 0 Å². The Labute approximate surface area is 174 Å². The molecule has 0 amide bonds. The number of allylic oxidation sites excluding steroid dienone is 2. The number of nitrogens with zero attached hydrogens (tertiary/aromatic N) is 3. The van der Waals surface area contributed by atoms with E-state index in [2.05, 4.69) is 10.00 Å². The summed E-state index contributed by atoms with van der Waals surface area (Å²) < 4.78 is 13.0. The Morgan fingerprint density at radius 2 is 1.64 bits per heavy atom. The SMILES string of the molecule is C.CC.CC.NC(N)=C(/C=C(\N)Cl)n1cc(N2CCC3(CC2)OCCO3)cn1. The average molecular weight is 417 g/mol. The lowest BCUT2D eigenvalue weighted by atomic mass is 10.0. The molecule has 0 aliphatic carbocycles. The largest absolute Gasteiger partial charge is 0.389 e. The van der Waals surface area contributed by atoms with Crippen LogP contribution >= 0.6 is 11.6 Å². The van der Waals surface area contributed by atoms with Crippen LogP contribution in [0.25, 0.3) is 5.70 Å². The number of hydrogen-bond donors (Lipinski definition) is 3. The molecule has 0 radical (unpaired) electrons. The molecule has 6 N–H and O–H groups in total. The van der Waals surface area contributed by atoms with Crippen LogP contribution in [0, 0.1) is 0 Å². The predicted octanol–water partition coefficient (Wildman–Crippen LogP) is 3.00. The minimum atomic E-state index is -0.394. The average Bonchev–Trinajstić information content (AvgIpc) is 3.34. The van der Waals surface area contributed by atoms with Crippen LogP contribution in [-0.2, 0) is 9.47 Å². The van der Waals surface area contributed by atoms with Gasteiger partial charge in [0.15, 0.2) is 5.79 Å². The van der Waals surface area contributed by atoms with E-state index in [4.69, 9.17) is 38.3 Å². The van der Waals surface area contributed by atoms with Crippen molar-refractivity contribution in [3.05, 3.63) is 29.4 Å². The number of piperidine rings is 1. The molecular formula is C19H37ClN6O2. The highest BCUT2D eigenvalue weighted by Gasteiger charge is 2.39. The Morgan fingerprint density at radius 1 is 1.11 bits per heavy atom. The number of rotatable bonds is 3. The summed E-state index contributed by atoms with van der Waals surface area (Å²) in [6, 6.07) is 0. The highest BCUT2D eigenvalue weighted by molar-refractivity contribution is 6.29.